The van der Waals surface area contributed by atoms with Crippen LogP contribution >= 0.6 is 0 Å². The summed E-state index contributed by atoms with van der Waals surface area (Å²) in [5.74, 6) is -1.66. The predicted molar refractivity (Wildman–Crippen MR) is 76.5 cm³/mol. The monoisotopic (exact) mass is 281 g/mol. The van der Waals surface area contributed by atoms with Crippen LogP contribution in [-0.4, -0.2) is 41.7 Å². The largest absolute Gasteiger partial charge is 0.478 e. The van der Waals surface area contributed by atoms with Crippen LogP contribution < -0.4 is 11.1 Å². The molecule has 4 N–H and O–H groups in total. The van der Waals surface area contributed by atoms with Crippen LogP contribution in [0.5, 0.6) is 0 Å². The minimum Gasteiger partial charge on any atom is -0.478 e. The number of carbonyl (C=O) groups is 1. The quantitative estimate of drug-likeness (QED) is 0.736. The van der Waals surface area contributed by atoms with Gasteiger partial charge in [0.2, 0.25) is 0 Å². The molecule has 0 spiro atoms. The Kier molecular flexibility index (Phi) is 4.44. The summed E-state index contributed by atoms with van der Waals surface area (Å²) < 4.78 is 13.9. The molecule has 1 heterocycles. The number of nitrogens with zero attached hydrogens (tertiary/aromatic N) is 1. The molecule has 0 saturated carbocycles. The number of carboxylic acids is 1. The maximum absolute atomic E-state index is 13.9. The second-order valence-corrected chi connectivity index (χ2v) is 5.10. The fraction of sp³-hybridized carbons (Fsp3) is 0.500. The molecule has 0 aromatic heterocycles. The molecule has 1 aromatic rings. The highest BCUT2D eigenvalue weighted by Crippen LogP contribution is 2.24. The Morgan fingerprint density at radius 1 is 1.60 bits per heavy atom. The maximum atomic E-state index is 13.9. The zero-order valence-electron chi connectivity index (χ0n) is 11.5. The summed E-state index contributed by atoms with van der Waals surface area (Å²) in [4.78, 5) is 13.3. The highest BCUT2D eigenvalue weighted by Gasteiger charge is 2.21. The number of nitrogen functional groups attached to an aromatic ring is 1. The van der Waals surface area contributed by atoms with Crippen molar-refractivity contribution in [1.29, 1.82) is 0 Å². The minimum atomic E-state index is -1.15. The molecule has 0 radical (unpaired) electrons. The van der Waals surface area contributed by atoms with Gasteiger partial charge in [0.25, 0.3) is 0 Å². The molecule has 1 saturated heterocycles. The van der Waals surface area contributed by atoms with Crippen LogP contribution in [0.25, 0.3) is 0 Å². The molecule has 0 bridgehead atoms. The number of rotatable bonds is 4. The van der Waals surface area contributed by atoms with Gasteiger partial charge < -0.3 is 21.1 Å². The molecular formula is C14H20FN3O2. The molecule has 1 unspecified atom stereocenters. The van der Waals surface area contributed by atoms with Crippen LogP contribution in [0, 0.1) is 5.82 Å². The van der Waals surface area contributed by atoms with E-state index >= 15 is 0 Å². The molecule has 1 aliphatic heterocycles. The van der Waals surface area contributed by atoms with Gasteiger partial charge in [0.1, 0.15) is 5.82 Å². The van der Waals surface area contributed by atoms with E-state index in [0.717, 1.165) is 38.5 Å². The summed E-state index contributed by atoms with van der Waals surface area (Å²) in [5, 5.41) is 12.1. The summed E-state index contributed by atoms with van der Waals surface area (Å²) in [6.07, 6.45) is 2.00. The molecule has 1 aromatic carbocycles. The normalized spacial score (nSPS) is 19.8. The van der Waals surface area contributed by atoms with Gasteiger partial charge in [-0.25, -0.2) is 9.18 Å². The van der Waals surface area contributed by atoms with E-state index < -0.39 is 11.8 Å². The van der Waals surface area contributed by atoms with Crippen LogP contribution in [0.2, 0.25) is 0 Å². The van der Waals surface area contributed by atoms with E-state index in [-0.39, 0.29) is 23.0 Å². The lowest BCUT2D eigenvalue weighted by atomic mass is 10.0. The number of hydrogen-bond acceptors (Lipinski definition) is 4. The van der Waals surface area contributed by atoms with Crippen LogP contribution in [0.4, 0.5) is 15.8 Å². The Bertz CT molecular complexity index is 507. The maximum Gasteiger partial charge on any atom is 0.337 e. The number of benzene rings is 1. The van der Waals surface area contributed by atoms with E-state index in [1.54, 1.807) is 0 Å². The summed E-state index contributed by atoms with van der Waals surface area (Å²) in [6, 6.07) is 2.47. The summed E-state index contributed by atoms with van der Waals surface area (Å²) >= 11 is 0. The predicted octanol–water partition coefficient (Wildman–Crippen LogP) is 2.00. The van der Waals surface area contributed by atoms with Crippen molar-refractivity contribution in [3.05, 3.63) is 23.5 Å². The molecule has 5 nitrogen and oxygen atoms in total. The number of aromatic carboxylic acids is 1. The summed E-state index contributed by atoms with van der Waals surface area (Å²) in [6.45, 7) is 4.94. The van der Waals surface area contributed by atoms with Gasteiger partial charge in [-0.05, 0) is 38.1 Å². The smallest absolute Gasteiger partial charge is 0.337 e. The van der Waals surface area contributed by atoms with Gasteiger partial charge in [-0.15, -0.1) is 0 Å². The lowest BCUT2D eigenvalue weighted by Gasteiger charge is -2.33. The number of anilines is 2. The molecule has 1 fully saturated rings. The molecule has 0 aliphatic carbocycles. The molecule has 6 heteroatoms. The third-order valence-electron chi connectivity index (χ3n) is 3.68. The van der Waals surface area contributed by atoms with Crippen molar-refractivity contribution < 1.29 is 14.3 Å². The standard InChI is InChI=1S/C14H20FN3O2/c1-2-18-5-3-4-9(8-18)17-13-6-10(14(19)20)12(16)7-11(13)15/h6-7,9,17H,2-5,8,16H2,1H3,(H,19,20). The molecular weight excluding hydrogens is 261 g/mol. The van der Waals surface area contributed by atoms with E-state index in [1.807, 2.05) is 0 Å². The first kappa shape index (κ1) is 14.6. The van der Waals surface area contributed by atoms with Crippen molar-refractivity contribution in [2.75, 3.05) is 30.7 Å². The molecule has 110 valence electrons. The number of piperidine rings is 1. The summed E-state index contributed by atoms with van der Waals surface area (Å²) in [7, 11) is 0. The van der Waals surface area contributed by atoms with Crippen molar-refractivity contribution in [3.8, 4) is 0 Å². The molecule has 1 aliphatic rings. The van der Waals surface area contributed by atoms with Gasteiger partial charge in [0.05, 0.1) is 11.3 Å². The van der Waals surface area contributed by atoms with Crippen LogP contribution in [0.15, 0.2) is 12.1 Å². The highest BCUT2D eigenvalue weighted by molar-refractivity contribution is 5.94. The Hall–Kier alpha value is -1.82. The van der Waals surface area contributed by atoms with Crippen molar-refractivity contribution in [1.82, 2.24) is 4.90 Å². The van der Waals surface area contributed by atoms with Crippen molar-refractivity contribution in [2.24, 2.45) is 0 Å². The first-order valence-electron chi connectivity index (χ1n) is 6.82. The number of likely N-dealkylation sites (N-methyl/N-ethyl adjacent to an activating group) is 1. The Balaban J connectivity index is 2.16. The van der Waals surface area contributed by atoms with E-state index in [4.69, 9.17) is 10.8 Å². The number of carboxylic acid groups (broad SMARTS) is 1. The minimum absolute atomic E-state index is 0.0561. The first-order valence-corrected chi connectivity index (χ1v) is 6.82. The van der Waals surface area contributed by atoms with Crippen LogP contribution in [0.1, 0.15) is 30.1 Å². The molecule has 1 atom stereocenters. The molecule has 20 heavy (non-hydrogen) atoms. The van der Waals surface area contributed by atoms with E-state index in [2.05, 4.69) is 17.1 Å². The zero-order chi connectivity index (χ0) is 14.7. The highest BCUT2D eigenvalue weighted by atomic mass is 19.1. The van der Waals surface area contributed by atoms with Gasteiger partial charge in [-0.1, -0.05) is 6.92 Å². The van der Waals surface area contributed by atoms with Gasteiger partial charge in [-0.2, -0.15) is 0 Å². The summed E-state index contributed by atoms with van der Waals surface area (Å²) in [5.41, 5.74) is 5.59. The van der Waals surface area contributed by atoms with Gasteiger partial charge in [-0.3, -0.25) is 0 Å². The number of nitrogens with one attached hydrogen (secondary N) is 1. The fourth-order valence-electron chi connectivity index (χ4n) is 2.56. The van der Waals surface area contributed by atoms with Gasteiger partial charge >= 0.3 is 5.97 Å². The van der Waals surface area contributed by atoms with Crippen molar-refractivity contribution in [2.45, 2.75) is 25.8 Å². The number of nitrogens with two attached hydrogens (primary N) is 1. The fourth-order valence-corrected chi connectivity index (χ4v) is 2.56. The number of hydrogen-bond donors (Lipinski definition) is 3. The van der Waals surface area contributed by atoms with Gasteiger partial charge in [0, 0.05) is 18.3 Å². The number of halogens is 1. The SMILES string of the molecule is CCN1CCCC(Nc2cc(C(=O)O)c(N)cc2F)C1. The third kappa shape index (κ3) is 3.19. The molecule has 2 rings (SSSR count). The lowest BCUT2D eigenvalue weighted by Crippen LogP contribution is -2.42. The van der Waals surface area contributed by atoms with Gasteiger partial charge in [0.15, 0.2) is 0 Å². The third-order valence-corrected chi connectivity index (χ3v) is 3.68. The second kappa shape index (κ2) is 6.09. The van der Waals surface area contributed by atoms with Crippen molar-refractivity contribution >= 4 is 17.3 Å². The number of likely N-dealkylation sites (tertiary alicyclic amines) is 1. The Labute approximate surface area is 117 Å². The Morgan fingerprint density at radius 3 is 3.00 bits per heavy atom. The zero-order valence-corrected chi connectivity index (χ0v) is 11.5. The second-order valence-electron chi connectivity index (χ2n) is 5.10. The van der Waals surface area contributed by atoms with E-state index in [0.29, 0.717) is 0 Å². The van der Waals surface area contributed by atoms with Crippen molar-refractivity contribution in [3.63, 3.8) is 0 Å². The lowest BCUT2D eigenvalue weighted by molar-refractivity contribution is 0.0698. The molecule has 0 amide bonds. The van der Waals surface area contributed by atoms with E-state index in [9.17, 15) is 9.18 Å². The Morgan fingerprint density at radius 2 is 2.35 bits per heavy atom. The van der Waals surface area contributed by atoms with Crippen LogP contribution in [0.3, 0.4) is 0 Å². The topological polar surface area (TPSA) is 78.6 Å². The van der Waals surface area contributed by atoms with E-state index in [1.165, 1.54) is 6.07 Å². The average molecular weight is 281 g/mol. The average Bonchev–Trinajstić information content (AvgIpc) is 2.41. The van der Waals surface area contributed by atoms with Crippen LogP contribution in [-0.2, 0) is 0 Å². The first-order chi connectivity index (χ1) is 9.51.